The lowest BCUT2D eigenvalue weighted by molar-refractivity contribution is 0.219. The van der Waals surface area contributed by atoms with E-state index < -0.39 is 5.54 Å². The van der Waals surface area contributed by atoms with Gasteiger partial charge >= 0.3 is 6.03 Å². The van der Waals surface area contributed by atoms with E-state index in [0.29, 0.717) is 37.6 Å². The van der Waals surface area contributed by atoms with Crippen molar-refractivity contribution in [3.05, 3.63) is 77.2 Å². The zero-order valence-corrected chi connectivity index (χ0v) is 16.2. The first-order chi connectivity index (χ1) is 13.9. The van der Waals surface area contributed by atoms with E-state index in [9.17, 15) is 9.18 Å². The second kappa shape index (κ2) is 7.63. The van der Waals surface area contributed by atoms with Crippen LogP contribution in [0.5, 0.6) is 0 Å². The van der Waals surface area contributed by atoms with Crippen molar-refractivity contribution in [2.24, 2.45) is 5.73 Å². The largest absolute Gasteiger partial charge is 0.323 e. The van der Waals surface area contributed by atoms with Gasteiger partial charge in [-0.1, -0.05) is 47.7 Å². The number of hydrogen-bond acceptors (Lipinski definition) is 4. The Morgan fingerprint density at radius 1 is 1.24 bits per heavy atom. The SMILES string of the molecule is Cc1c(NC(=O)N2CCC(N)(c3ccccc3)C2)nnn1Cc1cccc(F)c1. The first-order valence-corrected chi connectivity index (χ1v) is 9.49. The molecule has 3 N–H and O–H groups in total. The number of anilines is 1. The smallest absolute Gasteiger partial charge is 0.322 e. The Kier molecular flexibility index (Phi) is 5.02. The molecule has 150 valence electrons. The van der Waals surface area contributed by atoms with E-state index in [1.807, 2.05) is 43.3 Å². The number of aromatic nitrogens is 3. The maximum atomic E-state index is 13.4. The van der Waals surface area contributed by atoms with Crippen LogP contribution in [0.15, 0.2) is 54.6 Å². The molecule has 0 spiro atoms. The second-order valence-electron chi connectivity index (χ2n) is 7.43. The molecule has 2 heterocycles. The highest BCUT2D eigenvalue weighted by Crippen LogP contribution is 2.29. The van der Waals surface area contributed by atoms with Gasteiger partial charge in [0.05, 0.1) is 17.8 Å². The molecule has 29 heavy (non-hydrogen) atoms. The monoisotopic (exact) mass is 394 g/mol. The Labute approximate surface area is 168 Å². The fourth-order valence-corrected chi connectivity index (χ4v) is 3.63. The predicted octanol–water partition coefficient (Wildman–Crippen LogP) is 2.87. The van der Waals surface area contributed by atoms with Crippen LogP contribution >= 0.6 is 0 Å². The van der Waals surface area contributed by atoms with E-state index in [-0.39, 0.29) is 11.8 Å². The van der Waals surface area contributed by atoms with Gasteiger partial charge in [0.25, 0.3) is 0 Å². The maximum Gasteiger partial charge on any atom is 0.323 e. The highest BCUT2D eigenvalue weighted by Gasteiger charge is 2.38. The molecule has 4 rings (SSSR count). The summed E-state index contributed by atoms with van der Waals surface area (Å²) in [6, 6.07) is 15.9. The zero-order valence-electron chi connectivity index (χ0n) is 16.2. The summed E-state index contributed by atoms with van der Waals surface area (Å²) in [6.45, 7) is 3.18. The van der Waals surface area contributed by atoms with E-state index in [2.05, 4.69) is 15.6 Å². The predicted molar refractivity (Wildman–Crippen MR) is 108 cm³/mol. The highest BCUT2D eigenvalue weighted by molar-refractivity contribution is 5.89. The molecule has 0 radical (unpaired) electrons. The standard InChI is InChI=1S/C21H23FN6O/c1-15-19(25-26-28(15)13-16-6-5-9-18(22)12-16)24-20(29)27-11-10-21(23,14-27)17-7-3-2-4-8-17/h2-9,12H,10-11,13-14,23H2,1H3,(H,24,29). The van der Waals surface area contributed by atoms with Crippen molar-refractivity contribution in [2.45, 2.75) is 25.4 Å². The number of nitrogens with one attached hydrogen (secondary N) is 1. The van der Waals surface area contributed by atoms with Crippen molar-refractivity contribution in [1.29, 1.82) is 0 Å². The number of urea groups is 1. The van der Waals surface area contributed by atoms with Gasteiger partial charge in [0.1, 0.15) is 5.82 Å². The molecule has 1 atom stereocenters. The molecule has 7 nitrogen and oxygen atoms in total. The summed E-state index contributed by atoms with van der Waals surface area (Å²) in [7, 11) is 0. The van der Waals surface area contributed by atoms with Gasteiger partial charge in [-0.3, -0.25) is 5.32 Å². The Balaban J connectivity index is 1.42. The number of hydrogen-bond donors (Lipinski definition) is 2. The van der Waals surface area contributed by atoms with Gasteiger partial charge in [-0.25, -0.2) is 13.9 Å². The molecule has 0 aliphatic carbocycles. The summed E-state index contributed by atoms with van der Waals surface area (Å²) >= 11 is 0. The van der Waals surface area contributed by atoms with Crippen molar-refractivity contribution in [2.75, 3.05) is 18.4 Å². The van der Waals surface area contributed by atoms with Crippen molar-refractivity contribution in [3.63, 3.8) is 0 Å². The summed E-state index contributed by atoms with van der Waals surface area (Å²) in [5, 5.41) is 11.0. The third-order valence-corrected chi connectivity index (χ3v) is 5.37. The molecule has 2 aromatic carbocycles. The number of amides is 2. The molecular weight excluding hydrogens is 371 g/mol. The number of likely N-dealkylation sites (tertiary alicyclic amines) is 1. The minimum atomic E-state index is -0.553. The van der Waals surface area contributed by atoms with Gasteiger partial charge in [0.2, 0.25) is 0 Å². The maximum absolute atomic E-state index is 13.4. The Bertz CT molecular complexity index is 1020. The Morgan fingerprint density at radius 2 is 2.03 bits per heavy atom. The van der Waals surface area contributed by atoms with E-state index in [0.717, 1.165) is 11.1 Å². The number of halogens is 1. The molecule has 1 aromatic heterocycles. The lowest BCUT2D eigenvalue weighted by atomic mass is 9.90. The number of benzene rings is 2. The lowest BCUT2D eigenvalue weighted by Gasteiger charge is -2.25. The van der Waals surface area contributed by atoms with Crippen LogP contribution in [0.3, 0.4) is 0 Å². The number of rotatable bonds is 4. The van der Waals surface area contributed by atoms with Crippen molar-refractivity contribution in [1.82, 2.24) is 19.9 Å². The van der Waals surface area contributed by atoms with E-state index >= 15 is 0 Å². The summed E-state index contributed by atoms with van der Waals surface area (Å²) in [6.07, 6.45) is 0.690. The van der Waals surface area contributed by atoms with Gasteiger partial charge in [-0.15, -0.1) is 5.10 Å². The molecule has 2 amide bonds. The lowest BCUT2D eigenvalue weighted by Crippen LogP contribution is -2.42. The van der Waals surface area contributed by atoms with E-state index in [1.165, 1.54) is 12.1 Å². The molecule has 3 aromatic rings. The van der Waals surface area contributed by atoms with Gasteiger partial charge in [0, 0.05) is 13.1 Å². The van der Waals surface area contributed by atoms with Crippen LogP contribution in [-0.2, 0) is 12.1 Å². The minimum Gasteiger partial charge on any atom is -0.322 e. The number of nitrogens with zero attached hydrogens (tertiary/aromatic N) is 4. The van der Waals surface area contributed by atoms with Gasteiger partial charge < -0.3 is 10.6 Å². The summed E-state index contributed by atoms with van der Waals surface area (Å²) in [4.78, 5) is 14.4. The average Bonchev–Trinajstić information content (AvgIpc) is 3.28. The summed E-state index contributed by atoms with van der Waals surface area (Å²) in [5.74, 6) is 0.0900. The zero-order chi connectivity index (χ0) is 20.4. The molecule has 1 saturated heterocycles. The second-order valence-corrected chi connectivity index (χ2v) is 7.43. The summed E-state index contributed by atoms with van der Waals surface area (Å²) in [5.41, 5.74) is 8.49. The van der Waals surface area contributed by atoms with E-state index in [1.54, 1.807) is 15.6 Å². The van der Waals surface area contributed by atoms with Crippen molar-refractivity contribution < 1.29 is 9.18 Å². The van der Waals surface area contributed by atoms with Crippen molar-refractivity contribution in [3.8, 4) is 0 Å². The molecule has 0 bridgehead atoms. The molecule has 1 aliphatic rings. The van der Waals surface area contributed by atoms with Crippen LogP contribution in [0, 0.1) is 12.7 Å². The van der Waals surface area contributed by atoms with Gasteiger partial charge in [0.15, 0.2) is 5.82 Å². The fourth-order valence-electron chi connectivity index (χ4n) is 3.63. The molecule has 1 aliphatic heterocycles. The van der Waals surface area contributed by atoms with Crippen LogP contribution in [0.4, 0.5) is 15.0 Å². The minimum absolute atomic E-state index is 0.255. The highest BCUT2D eigenvalue weighted by atomic mass is 19.1. The molecule has 1 unspecified atom stereocenters. The fraction of sp³-hybridized carbons (Fsp3) is 0.286. The van der Waals surface area contributed by atoms with Crippen molar-refractivity contribution >= 4 is 11.8 Å². The molecule has 1 fully saturated rings. The summed E-state index contributed by atoms with van der Waals surface area (Å²) < 4.78 is 15.0. The van der Waals surface area contributed by atoms with Crippen LogP contribution in [0.2, 0.25) is 0 Å². The first kappa shape index (κ1) is 19.1. The average molecular weight is 394 g/mol. The number of nitrogens with two attached hydrogens (primary N) is 1. The number of carbonyl (C=O) groups is 1. The van der Waals surface area contributed by atoms with Crippen LogP contribution in [0.25, 0.3) is 0 Å². The third kappa shape index (κ3) is 3.97. The molecule has 0 saturated carbocycles. The topological polar surface area (TPSA) is 89.1 Å². The molecular formula is C21H23FN6O. The van der Waals surface area contributed by atoms with Crippen LogP contribution in [0.1, 0.15) is 23.2 Å². The first-order valence-electron chi connectivity index (χ1n) is 9.49. The molecule has 8 heteroatoms. The van der Waals surface area contributed by atoms with Gasteiger partial charge in [-0.2, -0.15) is 0 Å². The van der Waals surface area contributed by atoms with Crippen LogP contribution in [-0.4, -0.2) is 39.0 Å². The Hall–Kier alpha value is -3.26. The third-order valence-electron chi connectivity index (χ3n) is 5.37. The Morgan fingerprint density at radius 3 is 2.79 bits per heavy atom. The normalized spacial score (nSPS) is 18.8. The van der Waals surface area contributed by atoms with E-state index in [4.69, 9.17) is 5.73 Å². The van der Waals surface area contributed by atoms with Gasteiger partial charge in [-0.05, 0) is 36.6 Å². The number of carbonyl (C=O) groups excluding carboxylic acids is 1. The quantitative estimate of drug-likeness (QED) is 0.712. The van der Waals surface area contributed by atoms with Crippen LogP contribution < -0.4 is 11.1 Å².